The Morgan fingerprint density at radius 1 is 0.727 bits per heavy atom. The minimum Gasteiger partial charge on any atom is -0.489 e. The van der Waals surface area contributed by atoms with Gasteiger partial charge in [-0.1, -0.05) is 72.8 Å². The van der Waals surface area contributed by atoms with Crippen molar-refractivity contribution in [2.75, 3.05) is 7.11 Å². The minimum atomic E-state index is -0.233. The van der Waals surface area contributed by atoms with Gasteiger partial charge in [0.25, 0.3) is 0 Å². The van der Waals surface area contributed by atoms with Gasteiger partial charge in [0.2, 0.25) is 0 Å². The third-order valence-electron chi connectivity index (χ3n) is 5.93. The van der Waals surface area contributed by atoms with Gasteiger partial charge >= 0.3 is 5.97 Å². The SMILES string of the molecule is COC(=O)Cc1ccc2c3ccccc3n(Cc3ccc(OCc4ccccc4)cc3)c2c1. The summed E-state index contributed by atoms with van der Waals surface area (Å²) >= 11 is 0. The number of hydrogen-bond donors (Lipinski definition) is 0. The van der Waals surface area contributed by atoms with E-state index in [1.165, 1.54) is 29.0 Å². The molecule has 0 atom stereocenters. The Kier molecular flexibility index (Phi) is 5.81. The van der Waals surface area contributed by atoms with Crippen LogP contribution in [0.2, 0.25) is 0 Å². The highest BCUT2D eigenvalue weighted by Crippen LogP contribution is 2.31. The summed E-state index contributed by atoms with van der Waals surface area (Å²) in [5.74, 6) is 0.619. The Bertz CT molecular complexity index is 1400. The number of methoxy groups -OCH3 is 1. The van der Waals surface area contributed by atoms with Gasteiger partial charge in [-0.2, -0.15) is 0 Å². The summed E-state index contributed by atoms with van der Waals surface area (Å²) in [4.78, 5) is 11.8. The third-order valence-corrected chi connectivity index (χ3v) is 5.93. The molecular formula is C29H25NO3. The van der Waals surface area contributed by atoms with E-state index in [9.17, 15) is 4.79 Å². The van der Waals surface area contributed by atoms with Crippen molar-refractivity contribution >= 4 is 27.8 Å². The maximum absolute atomic E-state index is 11.8. The monoisotopic (exact) mass is 435 g/mol. The van der Waals surface area contributed by atoms with E-state index in [0.717, 1.165) is 28.9 Å². The molecule has 0 fully saturated rings. The summed E-state index contributed by atoms with van der Waals surface area (Å²) in [6, 6.07) is 33.1. The number of ether oxygens (including phenoxy) is 2. The molecule has 5 rings (SSSR count). The number of nitrogens with zero attached hydrogens (tertiary/aromatic N) is 1. The fourth-order valence-corrected chi connectivity index (χ4v) is 4.23. The zero-order chi connectivity index (χ0) is 22.6. The summed E-state index contributed by atoms with van der Waals surface area (Å²) in [7, 11) is 1.42. The molecule has 5 aromatic rings. The van der Waals surface area contributed by atoms with E-state index < -0.39 is 0 Å². The van der Waals surface area contributed by atoms with Crippen LogP contribution in [0.5, 0.6) is 5.75 Å². The molecule has 0 saturated heterocycles. The molecule has 0 spiro atoms. The zero-order valence-corrected chi connectivity index (χ0v) is 18.5. The quantitative estimate of drug-likeness (QED) is 0.288. The van der Waals surface area contributed by atoms with E-state index in [1.807, 2.05) is 36.4 Å². The van der Waals surface area contributed by atoms with Gasteiger partial charge in [-0.15, -0.1) is 0 Å². The molecule has 1 heterocycles. The van der Waals surface area contributed by atoms with Gasteiger partial charge < -0.3 is 14.0 Å². The molecule has 0 amide bonds. The minimum absolute atomic E-state index is 0.233. The summed E-state index contributed by atoms with van der Waals surface area (Å²) in [5, 5.41) is 2.39. The van der Waals surface area contributed by atoms with Crippen LogP contribution in [0.4, 0.5) is 0 Å². The predicted octanol–water partition coefficient (Wildman–Crippen LogP) is 6.14. The highest BCUT2D eigenvalue weighted by molar-refractivity contribution is 6.08. The molecule has 164 valence electrons. The van der Waals surface area contributed by atoms with E-state index in [2.05, 4.69) is 65.2 Å². The zero-order valence-electron chi connectivity index (χ0n) is 18.5. The van der Waals surface area contributed by atoms with Crippen molar-refractivity contribution in [2.45, 2.75) is 19.6 Å². The van der Waals surface area contributed by atoms with Crippen LogP contribution in [-0.2, 0) is 29.1 Å². The summed E-state index contributed by atoms with van der Waals surface area (Å²) in [6.45, 7) is 1.28. The summed E-state index contributed by atoms with van der Waals surface area (Å²) < 4.78 is 13.1. The van der Waals surface area contributed by atoms with Crippen molar-refractivity contribution in [3.8, 4) is 5.75 Å². The van der Waals surface area contributed by atoms with Crippen LogP contribution < -0.4 is 4.74 Å². The first kappa shape index (κ1) is 20.8. The van der Waals surface area contributed by atoms with E-state index in [1.54, 1.807) is 0 Å². The molecule has 0 unspecified atom stereocenters. The second-order valence-corrected chi connectivity index (χ2v) is 8.13. The van der Waals surface area contributed by atoms with Crippen molar-refractivity contribution in [1.82, 2.24) is 4.57 Å². The van der Waals surface area contributed by atoms with Gasteiger partial charge in [0.05, 0.1) is 13.5 Å². The van der Waals surface area contributed by atoms with Crippen molar-refractivity contribution in [2.24, 2.45) is 0 Å². The van der Waals surface area contributed by atoms with E-state index in [-0.39, 0.29) is 12.4 Å². The Morgan fingerprint density at radius 2 is 1.42 bits per heavy atom. The van der Waals surface area contributed by atoms with Crippen LogP contribution in [0.25, 0.3) is 21.8 Å². The maximum Gasteiger partial charge on any atom is 0.309 e. The van der Waals surface area contributed by atoms with Crippen LogP contribution >= 0.6 is 0 Å². The largest absolute Gasteiger partial charge is 0.489 e. The molecule has 0 N–H and O–H groups in total. The lowest BCUT2D eigenvalue weighted by Crippen LogP contribution is -2.05. The molecule has 0 bridgehead atoms. The van der Waals surface area contributed by atoms with Crippen molar-refractivity contribution in [3.63, 3.8) is 0 Å². The number of fused-ring (bicyclic) bond motifs is 3. The highest BCUT2D eigenvalue weighted by Gasteiger charge is 2.13. The predicted molar refractivity (Wildman–Crippen MR) is 131 cm³/mol. The molecule has 4 nitrogen and oxygen atoms in total. The second kappa shape index (κ2) is 9.21. The number of esters is 1. The number of benzene rings is 4. The van der Waals surface area contributed by atoms with Gasteiger partial charge in [-0.3, -0.25) is 4.79 Å². The van der Waals surface area contributed by atoms with Crippen LogP contribution in [-0.4, -0.2) is 17.6 Å². The number of carbonyl (C=O) groups is 1. The molecule has 0 aliphatic rings. The molecular weight excluding hydrogens is 410 g/mol. The number of para-hydroxylation sites is 1. The van der Waals surface area contributed by atoms with Crippen LogP contribution in [0.1, 0.15) is 16.7 Å². The summed E-state index contributed by atoms with van der Waals surface area (Å²) in [6.07, 6.45) is 0.265. The standard InChI is InChI=1S/C29H25NO3/c1-32-29(31)18-23-13-16-26-25-9-5-6-10-27(25)30(28(26)17-23)19-21-11-14-24(15-12-21)33-20-22-7-3-2-4-8-22/h2-17H,18-20H2,1H3. The Labute approximate surface area is 193 Å². The first-order valence-electron chi connectivity index (χ1n) is 11.0. The topological polar surface area (TPSA) is 40.5 Å². The molecule has 0 radical (unpaired) electrons. The van der Waals surface area contributed by atoms with Gasteiger partial charge in [-0.25, -0.2) is 0 Å². The van der Waals surface area contributed by atoms with E-state index >= 15 is 0 Å². The number of aromatic nitrogens is 1. The lowest BCUT2D eigenvalue weighted by molar-refractivity contribution is -0.139. The Morgan fingerprint density at radius 3 is 2.21 bits per heavy atom. The normalized spacial score (nSPS) is 11.1. The molecule has 0 aliphatic carbocycles. The lowest BCUT2D eigenvalue weighted by atomic mass is 10.1. The van der Waals surface area contributed by atoms with Crippen LogP contribution in [0.3, 0.4) is 0 Å². The smallest absolute Gasteiger partial charge is 0.309 e. The van der Waals surface area contributed by atoms with Gasteiger partial charge in [0.15, 0.2) is 0 Å². The molecule has 4 aromatic carbocycles. The van der Waals surface area contributed by atoms with Crippen molar-refractivity contribution in [1.29, 1.82) is 0 Å². The number of hydrogen-bond acceptors (Lipinski definition) is 3. The fourth-order valence-electron chi connectivity index (χ4n) is 4.23. The summed E-state index contributed by atoms with van der Waals surface area (Å²) in [5.41, 5.74) is 5.56. The fraction of sp³-hybridized carbons (Fsp3) is 0.138. The molecule has 1 aromatic heterocycles. The highest BCUT2D eigenvalue weighted by atomic mass is 16.5. The Hall–Kier alpha value is -4.05. The van der Waals surface area contributed by atoms with Crippen molar-refractivity contribution < 1.29 is 14.3 Å². The first-order chi connectivity index (χ1) is 16.2. The molecule has 4 heteroatoms. The average Bonchev–Trinajstić information content (AvgIpc) is 3.17. The average molecular weight is 436 g/mol. The van der Waals surface area contributed by atoms with Crippen LogP contribution in [0.15, 0.2) is 97.1 Å². The lowest BCUT2D eigenvalue weighted by Gasteiger charge is -2.10. The van der Waals surface area contributed by atoms with Crippen molar-refractivity contribution in [3.05, 3.63) is 114 Å². The third kappa shape index (κ3) is 4.46. The molecule has 0 saturated carbocycles. The maximum atomic E-state index is 11.8. The van der Waals surface area contributed by atoms with Gasteiger partial charge in [-0.05, 0) is 41.0 Å². The van der Waals surface area contributed by atoms with E-state index in [4.69, 9.17) is 9.47 Å². The van der Waals surface area contributed by atoms with Crippen LogP contribution in [0, 0.1) is 0 Å². The second-order valence-electron chi connectivity index (χ2n) is 8.13. The van der Waals surface area contributed by atoms with Gasteiger partial charge in [0.1, 0.15) is 12.4 Å². The number of carbonyl (C=O) groups excluding carboxylic acids is 1. The number of rotatable bonds is 7. The van der Waals surface area contributed by atoms with Gasteiger partial charge in [0, 0.05) is 28.4 Å². The molecule has 33 heavy (non-hydrogen) atoms. The van der Waals surface area contributed by atoms with E-state index in [0.29, 0.717) is 6.61 Å². The Balaban J connectivity index is 1.43. The first-order valence-corrected chi connectivity index (χ1v) is 11.0. The molecule has 0 aliphatic heterocycles.